The highest BCUT2D eigenvalue weighted by Crippen LogP contribution is 2.07. The van der Waals surface area contributed by atoms with E-state index < -0.39 is 0 Å². The van der Waals surface area contributed by atoms with E-state index in [0.29, 0.717) is 12.1 Å². The number of halogens is 2. The summed E-state index contributed by atoms with van der Waals surface area (Å²) < 4.78 is 5.48. The summed E-state index contributed by atoms with van der Waals surface area (Å²) in [5.74, 6) is 0. The maximum atomic E-state index is 5.48. The average Bonchev–Trinajstić information content (AvgIpc) is 2.33. The summed E-state index contributed by atoms with van der Waals surface area (Å²) in [6.45, 7) is 3.99. The highest BCUT2D eigenvalue weighted by Gasteiger charge is 2.29. The molecule has 0 radical (unpaired) electrons. The van der Waals surface area contributed by atoms with Gasteiger partial charge >= 0.3 is 0 Å². The van der Waals surface area contributed by atoms with Gasteiger partial charge in [0.05, 0.1) is 12.7 Å². The van der Waals surface area contributed by atoms with E-state index in [1.165, 1.54) is 0 Å². The number of hydrogen-bond acceptors (Lipinski definition) is 3. The molecule has 3 nitrogen and oxygen atoms in total. The zero-order chi connectivity index (χ0) is 6.10. The molecule has 0 spiro atoms. The summed E-state index contributed by atoms with van der Waals surface area (Å²) in [5.41, 5.74) is 0. The van der Waals surface area contributed by atoms with Gasteiger partial charge in [-0.25, -0.2) is 0 Å². The van der Waals surface area contributed by atoms with Gasteiger partial charge in [0.15, 0.2) is 0 Å². The third kappa shape index (κ3) is 2.46. The summed E-state index contributed by atoms with van der Waals surface area (Å²) in [4.78, 5) is 0. The van der Waals surface area contributed by atoms with Crippen molar-refractivity contribution in [1.29, 1.82) is 0 Å². The Balaban J connectivity index is 0.000000500. The number of hydrogen-bond donors (Lipinski definition) is 2. The van der Waals surface area contributed by atoms with E-state index in [2.05, 4.69) is 10.6 Å². The quantitative estimate of drug-likeness (QED) is 0.569. The maximum absolute atomic E-state index is 5.48. The van der Waals surface area contributed by atoms with Gasteiger partial charge in [0, 0.05) is 25.7 Å². The van der Waals surface area contributed by atoms with E-state index in [9.17, 15) is 0 Å². The standard InChI is InChI=1S/C6H12N2O.2ClH/c1-2-9-6-4-7-3-5(6)8-1;;/h5-8H,1-4H2;2*1H/t5-,6-;;/m0../s1. The molecule has 2 heterocycles. The molecule has 2 atom stereocenters. The van der Waals surface area contributed by atoms with Crippen molar-refractivity contribution in [3.8, 4) is 0 Å². The lowest BCUT2D eigenvalue weighted by molar-refractivity contribution is 0.0207. The minimum Gasteiger partial charge on any atom is -0.374 e. The van der Waals surface area contributed by atoms with Crippen molar-refractivity contribution in [2.45, 2.75) is 12.1 Å². The van der Waals surface area contributed by atoms with Crippen LogP contribution in [-0.2, 0) is 4.74 Å². The summed E-state index contributed by atoms with van der Waals surface area (Å²) in [5, 5.41) is 6.67. The summed E-state index contributed by atoms with van der Waals surface area (Å²) in [7, 11) is 0. The van der Waals surface area contributed by atoms with E-state index in [1.807, 2.05) is 0 Å². The lowest BCUT2D eigenvalue weighted by Gasteiger charge is -2.25. The minimum absolute atomic E-state index is 0. The first-order valence-electron chi connectivity index (χ1n) is 3.52. The molecule has 5 heteroatoms. The van der Waals surface area contributed by atoms with Crippen LogP contribution in [0.2, 0.25) is 0 Å². The van der Waals surface area contributed by atoms with Gasteiger partial charge < -0.3 is 15.4 Å². The van der Waals surface area contributed by atoms with Crippen LogP contribution in [0.4, 0.5) is 0 Å². The molecule has 2 saturated heterocycles. The van der Waals surface area contributed by atoms with Crippen LogP contribution < -0.4 is 10.6 Å². The Morgan fingerprint density at radius 1 is 1.18 bits per heavy atom. The predicted octanol–water partition coefficient (Wildman–Crippen LogP) is -0.210. The number of morpholine rings is 1. The Hall–Kier alpha value is 0.460. The first-order valence-corrected chi connectivity index (χ1v) is 3.52. The van der Waals surface area contributed by atoms with Crippen molar-refractivity contribution < 1.29 is 4.74 Å². The van der Waals surface area contributed by atoms with Gasteiger partial charge in [-0.2, -0.15) is 0 Å². The van der Waals surface area contributed by atoms with Gasteiger partial charge in [-0.15, -0.1) is 24.8 Å². The molecule has 2 aliphatic heterocycles. The normalized spacial score (nSPS) is 34.9. The molecule has 0 aromatic carbocycles. The zero-order valence-corrected chi connectivity index (χ0v) is 7.84. The predicted molar refractivity (Wildman–Crippen MR) is 48.9 cm³/mol. The Labute approximate surface area is 79.1 Å². The molecule has 2 rings (SSSR count). The van der Waals surface area contributed by atoms with Gasteiger partial charge in [-0.05, 0) is 0 Å². The molecule has 0 amide bonds. The molecule has 0 unspecified atom stereocenters. The van der Waals surface area contributed by atoms with Crippen LogP contribution in [0.15, 0.2) is 0 Å². The lowest BCUT2D eigenvalue weighted by Crippen LogP contribution is -2.47. The number of ether oxygens (including phenoxy) is 1. The van der Waals surface area contributed by atoms with Gasteiger partial charge in [0.2, 0.25) is 0 Å². The van der Waals surface area contributed by atoms with Gasteiger partial charge in [0.1, 0.15) is 0 Å². The van der Waals surface area contributed by atoms with E-state index >= 15 is 0 Å². The monoisotopic (exact) mass is 200 g/mol. The zero-order valence-electron chi connectivity index (χ0n) is 6.21. The van der Waals surface area contributed by atoms with Crippen molar-refractivity contribution in [3.05, 3.63) is 0 Å². The average molecular weight is 201 g/mol. The molecule has 0 saturated carbocycles. The van der Waals surface area contributed by atoms with E-state index in [1.54, 1.807) is 0 Å². The first-order chi connectivity index (χ1) is 4.47. The fraction of sp³-hybridized carbons (Fsp3) is 1.00. The second kappa shape index (κ2) is 5.17. The van der Waals surface area contributed by atoms with Crippen molar-refractivity contribution >= 4 is 24.8 Å². The molecule has 68 valence electrons. The van der Waals surface area contributed by atoms with Crippen LogP contribution in [0.25, 0.3) is 0 Å². The molecule has 0 aromatic rings. The van der Waals surface area contributed by atoms with Gasteiger partial charge in [0.25, 0.3) is 0 Å². The molecule has 2 aliphatic rings. The molecular formula is C6H14Cl2N2O. The summed E-state index contributed by atoms with van der Waals surface area (Å²) >= 11 is 0. The van der Waals surface area contributed by atoms with E-state index in [0.717, 1.165) is 26.2 Å². The van der Waals surface area contributed by atoms with Gasteiger partial charge in [-0.1, -0.05) is 0 Å². The molecule has 0 aliphatic carbocycles. The van der Waals surface area contributed by atoms with Crippen molar-refractivity contribution in [1.82, 2.24) is 10.6 Å². The second-order valence-corrected chi connectivity index (χ2v) is 2.63. The Morgan fingerprint density at radius 2 is 2.00 bits per heavy atom. The molecule has 0 aromatic heterocycles. The number of rotatable bonds is 0. The van der Waals surface area contributed by atoms with Crippen LogP contribution in [0.1, 0.15) is 0 Å². The summed E-state index contributed by atoms with van der Waals surface area (Å²) in [6, 6.07) is 0.582. The van der Waals surface area contributed by atoms with Crippen LogP contribution in [0.5, 0.6) is 0 Å². The largest absolute Gasteiger partial charge is 0.374 e. The summed E-state index contributed by atoms with van der Waals surface area (Å²) in [6.07, 6.45) is 0.443. The second-order valence-electron chi connectivity index (χ2n) is 2.63. The highest BCUT2D eigenvalue weighted by molar-refractivity contribution is 5.85. The van der Waals surface area contributed by atoms with E-state index in [4.69, 9.17) is 4.74 Å². The minimum atomic E-state index is 0. The fourth-order valence-electron chi connectivity index (χ4n) is 1.49. The molecule has 0 bridgehead atoms. The Kier molecular flexibility index (Phi) is 5.38. The Bertz CT molecular complexity index is 103. The third-order valence-electron chi connectivity index (χ3n) is 2.00. The van der Waals surface area contributed by atoms with Crippen LogP contribution in [0, 0.1) is 0 Å². The first kappa shape index (κ1) is 11.5. The topological polar surface area (TPSA) is 33.3 Å². The molecular weight excluding hydrogens is 187 g/mol. The van der Waals surface area contributed by atoms with Crippen LogP contribution >= 0.6 is 24.8 Å². The van der Waals surface area contributed by atoms with Crippen molar-refractivity contribution in [2.75, 3.05) is 26.2 Å². The SMILES string of the molecule is C1CO[C@H]2CNC[C@@H]2N1.Cl.Cl. The third-order valence-corrected chi connectivity index (χ3v) is 2.00. The maximum Gasteiger partial charge on any atom is 0.0865 e. The van der Waals surface area contributed by atoms with E-state index in [-0.39, 0.29) is 24.8 Å². The number of nitrogens with one attached hydrogen (secondary N) is 2. The fourth-order valence-corrected chi connectivity index (χ4v) is 1.49. The molecule has 2 fully saturated rings. The Morgan fingerprint density at radius 3 is 2.73 bits per heavy atom. The molecule has 2 N–H and O–H groups in total. The highest BCUT2D eigenvalue weighted by atomic mass is 35.5. The molecule has 11 heavy (non-hydrogen) atoms. The van der Waals surface area contributed by atoms with Crippen molar-refractivity contribution in [2.24, 2.45) is 0 Å². The number of fused-ring (bicyclic) bond motifs is 1. The van der Waals surface area contributed by atoms with Gasteiger partial charge in [-0.3, -0.25) is 0 Å². The smallest absolute Gasteiger partial charge is 0.0865 e. The van der Waals surface area contributed by atoms with Crippen LogP contribution in [-0.4, -0.2) is 38.4 Å². The van der Waals surface area contributed by atoms with Crippen molar-refractivity contribution in [3.63, 3.8) is 0 Å². The van der Waals surface area contributed by atoms with Crippen LogP contribution in [0.3, 0.4) is 0 Å². The lowest BCUT2D eigenvalue weighted by atomic mass is 10.2.